The number of nitrogens with one attached hydrogen (secondary N) is 1. The van der Waals surface area contributed by atoms with Crippen LogP contribution in [0.3, 0.4) is 0 Å². The molecule has 0 heterocycles. The number of hydrogen-bond acceptors (Lipinski definition) is 3. The molecule has 0 bridgehead atoms. The fourth-order valence-corrected chi connectivity index (χ4v) is 2.46. The predicted octanol–water partition coefficient (Wildman–Crippen LogP) is 1.57. The molecule has 0 fully saturated rings. The summed E-state index contributed by atoms with van der Waals surface area (Å²) in [7, 11) is -3.59. The van der Waals surface area contributed by atoms with Gasteiger partial charge in [-0.2, -0.15) is 21.6 Å². The third kappa shape index (κ3) is 4.56. The molecule has 9 heteroatoms. The molecule has 0 aliphatic rings. The third-order valence-corrected chi connectivity index (χ3v) is 4.20. The smallest absolute Gasteiger partial charge is 0.348 e. The molecule has 0 unspecified atom stereocenters. The molecule has 0 aromatic heterocycles. The highest BCUT2D eigenvalue weighted by Crippen LogP contribution is 2.29. The van der Waals surface area contributed by atoms with Crippen LogP contribution >= 0.6 is 0 Å². The van der Waals surface area contributed by atoms with Crippen LogP contribution in [-0.2, 0) is 22.7 Å². The Balaban J connectivity index is 2.00. The van der Waals surface area contributed by atoms with Crippen LogP contribution in [-0.4, -0.2) is 14.3 Å². The summed E-state index contributed by atoms with van der Waals surface area (Å²) in [5.74, 6) is -0.470. The molecule has 128 valence electrons. The fourth-order valence-electron chi connectivity index (χ4n) is 1.91. The minimum absolute atomic E-state index is 0.0122. The number of hydrogen-bond donors (Lipinski definition) is 2. The van der Waals surface area contributed by atoms with Crippen LogP contribution in [0.1, 0.15) is 21.5 Å². The van der Waals surface area contributed by atoms with Crippen molar-refractivity contribution >= 4 is 15.9 Å². The van der Waals surface area contributed by atoms with Crippen molar-refractivity contribution in [1.82, 2.24) is 5.32 Å². The van der Waals surface area contributed by atoms with E-state index >= 15 is 0 Å². The van der Waals surface area contributed by atoms with E-state index in [1.807, 2.05) is 0 Å². The average molecular weight is 359 g/mol. The Kier molecular flexibility index (Phi) is 4.95. The van der Waals surface area contributed by atoms with Crippen LogP contribution < -0.4 is 10.5 Å². The largest absolute Gasteiger partial charge is 0.416 e. The number of carbonyl (C=O) groups is 1. The molecule has 0 spiro atoms. The van der Waals surface area contributed by atoms with Crippen LogP contribution in [0.2, 0.25) is 0 Å². The summed E-state index contributed by atoms with van der Waals surface area (Å²) in [6, 6.07) is 9.62. The van der Waals surface area contributed by atoms with Crippen LogP contribution in [0, 0.1) is 0 Å². The predicted molar refractivity (Wildman–Crippen MR) is 79.1 cm³/mol. The normalized spacial score (nSPS) is 12.0. The molecule has 24 heavy (non-hydrogen) atoms. The minimum atomic E-state index is -4.40. The second-order valence-corrected chi connectivity index (χ2v) is 6.72. The molecule has 1 amide bonds. The molecular formula is C15H14F3N2O3S+. The van der Waals surface area contributed by atoms with Crippen LogP contribution in [0.15, 0.2) is 53.4 Å². The number of carbonyl (C=O) groups excluding carboxylic acids is 1. The van der Waals surface area contributed by atoms with Gasteiger partial charge in [-0.1, -0.05) is 12.1 Å². The zero-order chi connectivity index (χ0) is 18.0. The summed E-state index contributed by atoms with van der Waals surface area (Å²) in [6.07, 6.45) is -4.40. The van der Waals surface area contributed by atoms with Crippen molar-refractivity contribution < 1.29 is 31.5 Å². The van der Waals surface area contributed by atoms with E-state index in [0.717, 1.165) is 12.1 Å². The highest BCUT2D eigenvalue weighted by molar-refractivity contribution is 7.84. The van der Waals surface area contributed by atoms with Crippen molar-refractivity contribution in [2.24, 2.45) is 0 Å². The lowest BCUT2D eigenvalue weighted by atomic mass is 10.1. The average Bonchev–Trinajstić information content (AvgIpc) is 2.51. The summed E-state index contributed by atoms with van der Waals surface area (Å²) in [4.78, 5) is 11.9. The maximum absolute atomic E-state index is 12.5. The monoisotopic (exact) mass is 359 g/mol. The number of quaternary nitrogens is 1. The molecule has 2 aromatic rings. The topological polar surface area (TPSA) is 90.9 Å². The molecule has 2 aromatic carbocycles. The SMILES string of the molecule is [NH3+]S(=O)(=O)c1ccc(C(=O)NCc2ccc(C(F)(F)F)cc2)cc1. The molecule has 0 saturated heterocycles. The summed E-state index contributed by atoms with van der Waals surface area (Å²) >= 11 is 0. The minimum Gasteiger partial charge on any atom is -0.348 e. The van der Waals surface area contributed by atoms with Gasteiger partial charge in [0.1, 0.15) is 4.90 Å². The molecule has 0 atom stereocenters. The summed E-state index contributed by atoms with van der Waals surface area (Å²) < 4.78 is 59.8. The van der Waals surface area contributed by atoms with E-state index in [1.165, 1.54) is 36.4 Å². The van der Waals surface area contributed by atoms with E-state index in [-0.39, 0.29) is 17.0 Å². The Morgan fingerprint density at radius 1 is 1.00 bits per heavy atom. The maximum atomic E-state index is 12.5. The van der Waals surface area contributed by atoms with Crippen molar-refractivity contribution in [2.45, 2.75) is 17.6 Å². The zero-order valence-electron chi connectivity index (χ0n) is 12.3. The second kappa shape index (κ2) is 6.62. The molecule has 0 radical (unpaired) electrons. The number of sulfonamides is 1. The standard InChI is InChI=1S/C15H13F3N2O3S/c16-15(17,18)12-5-1-10(2-6-12)9-20-14(21)11-3-7-13(8-4-11)24(19,22)23/h1-8H,9H2,(H,20,21)(H2,19,22,23)/p+1. The Morgan fingerprint density at radius 2 is 1.54 bits per heavy atom. The number of benzene rings is 2. The van der Waals surface area contributed by atoms with E-state index in [4.69, 9.17) is 0 Å². The van der Waals surface area contributed by atoms with Gasteiger partial charge in [-0.05, 0) is 42.0 Å². The molecule has 5 nitrogen and oxygen atoms in total. The van der Waals surface area contributed by atoms with E-state index < -0.39 is 27.7 Å². The molecule has 0 aliphatic carbocycles. The van der Waals surface area contributed by atoms with Gasteiger partial charge in [0.15, 0.2) is 0 Å². The number of halogens is 3. The molecule has 0 saturated carbocycles. The van der Waals surface area contributed by atoms with Gasteiger partial charge in [0.05, 0.1) is 5.56 Å². The van der Waals surface area contributed by atoms with Gasteiger partial charge in [0, 0.05) is 12.1 Å². The quantitative estimate of drug-likeness (QED) is 0.868. The van der Waals surface area contributed by atoms with Gasteiger partial charge in [-0.25, -0.2) is 5.14 Å². The molecule has 4 N–H and O–H groups in total. The highest BCUT2D eigenvalue weighted by Gasteiger charge is 2.29. The summed E-state index contributed by atoms with van der Waals surface area (Å²) in [5, 5.41) is 5.55. The lowest BCUT2D eigenvalue weighted by Gasteiger charge is -2.09. The van der Waals surface area contributed by atoms with Gasteiger partial charge in [-0.3, -0.25) is 4.79 Å². The van der Waals surface area contributed by atoms with Crippen molar-refractivity contribution in [3.05, 3.63) is 65.2 Å². The van der Waals surface area contributed by atoms with Crippen LogP contribution in [0.5, 0.6) is 0 Å². The van der Waals surface area contributed by atoms with Crippen LogP contribution in [0.4, 0.5) is 13.2 Å². The van der Waals surface area contributed by atoms with Gasteiger partial charge in [0.2, 0.25) is 0 Å². The van der Waals surface area contributed by atoms with E-state index in [0.29, 0.717) is 5.56 Å². The number of amides is 1. The lowest BCUT2D eigenvalue weighted by Crippen LogP contribution is -2.56. The van der Waals surface area contributed by atoms with E-state index in [1.54, 1.807) is 0 Å². The zero-order valence-corrected chi connectivity index (χ0v) is 13.1. The summed E-state index contributed by atoms with van der Waals surface area (Å²) in [5.41, 5.74) is -0.0230. The second-order valence-electron chi connectivity index (χ2n) is 5.02. The molecule has 2 rings (SSSR count). The number of alkyl halides is 3. The molecular weight excluding hydrogens is 345 g/mol. The Bertz CT molecular complexity index is 830. The van der Waals surface area contributed by atoms with Gasteiger partial charge in [-0.15, -0.1) is 0 Å². The van der Waals surface area contributed by atoms with E-state index in [2.05, 4.69) is 10.5 Å². The first kappa shape index (κ1) is 18.0. The summed E-state index contributed by atoms with van der Waals surface area (Å²) in [6.45, 7) is 0.0480. The maximum Gasteiger partial charge on any atom is 0.416 e. The number of rotatable bonds is 4. The van der Waals surface area contributed by atoms with Gasteiger partial charge in [0.25, 0.3) is 5.91 Å². The fraction of sp³-hybridized carbons (Fsp3) is 0.133. The lowest BCUT2D eigenvalue weighted by molar-refractivity contribution is -0.165. The first-order valence-corrected chi connectivity index (χ1v) is 8.35. The van der Waals surface area contributed by atoms with Crippen molar-refractivity contribution in [1.29, 1.82) is 0 Å². The Morgan fingerprint density at radius 3 is 2.00 bits per heavy atom. The Labute approximate surface area is 136 Å². The van der Waals surface area contributed by atoms with Gasteiger partial charge < -0.3 is 5.32 Å². The Hall–Kier alpha value is -2.39. The third-order valence-electron chi connectivity index (χ3n) is 3.21. The van der Waals surface area contributed by atoms with Crippen molar-refractivity contribution in [2.75, 3.05) is 0 Å². The first-order chi connectivity index (χ1) is 11.1. The van der Waals surface area contributed by atoms with E-state index in [9.17, 15) is 26.4 Å². The van der Waals surface area contributed by atoms with Crippen LogP contribution in [0.25, 0.3) is 0 Å². The highest BCUT2D eigenvalue weighted by atomic mass is 32.2. The van der Waals surface area contributed by atoms with Gasteiger partial charge >= 0.3 is 16.2 Å². The molecule has 0 aliphatic heterocycles. The first-order valence-electron chi connectivity index (χ1n) is 6.70. The van der Waals surface area contributed by atoms with Crippen molar-refractivity contribution in [3.8, 4) is 0 Å². The van der Waals surface area contributed by atoms with Crippen molar-refractivity contribution in [3.63, 3.8) is 0 Å².